The molecule has 0 aromatic rings. The molecule has 2 unspecified atom stereocenters. The fourth-order valence-corrected chi connectivity index (χ4v) is 6.30. The van der Waals surface area contributed by atoms with E-state index in [1.807, 2.05) is 0 Å². The van der Waals surface area contributed by atoms with E-state index in [9.17, 15) is 0 Å². The fourth-order valence-electron chi connectivity index (χ4n) is 6.30. The van der Waals surface area contributed by atoms with Gasteiger partial charge >= 0.3 is 0 Å². The molecule has 1 heteroatoms. The third-order valence-corrected chi connectivity index (χ3v) is 9.27. The van der Waals surface area contributed by atoms with Crippen molar-refractivity contribution in [1.29, 1.82) is 0 Å². The number of ether oxygens (including phenoxy) is 1. The summed E-state index contributed by atoms with van der Waals surface area (Å²) in [6, 6.07) is 0. The van der Waals surface area contributed by atoms with Crippen molar-refractivity contribution in [2.45, 2.75) is 212 Å². The van der Waals surface area contributed by atoms with E-state index in [4.69, 9.17) is 4.74 Å². The van der Waals surface area contributed by atoms with Crippen LogP contribution in [0.3, 0.4) is 0 Å². The van der Waals surface area contributed by atoms with Crippen molar-refractivity contribution >= 4 is 0 Å². The van der Waals surface area contributed by atoms with Crippen LogP contribution in [0.1, 0.15) is 201 Å². The number of unbranched alkanes of at least 4 members (excludes halogenated alkanes) is 18. The van der Waals surface area contributed by atoms with Gasteiger partial charge in [0.25, 0.3) is 0 Å². The molecule has 0 spiro atoms. The molecule has 1 fully saturated rings. The number of allylic oxidation sites excluding steroid dienone is 5. The average molecular weight is 595 g/mol. The van der Waals surface area contributed by atoms with Gasteiger partial charge in [-0.1, -0.05) is 141 Å². The van der Waals surface area contributed by atoms with Crippen molar-refractivity contribution in [2.75, 3.05) is 0 Å². The summed E-state index contributed by atoms with van der Waals surface area (Å²) in [6.45, 7) is 11.3. The van der Waals surface area contributed by atoms with E-state index in [2.05, 4.69) is 69.5 Å². The molecule has 43 heavy (non-hydrogen) atoms. The predicted octanol–water partition coefficient (Wildman–Crippen LogP) is 14.5. The van der Waals surface area contributed by atoms with Gasteiger partial charge in [-0.25, -0.2) is 0 Å². The third-order valence-electron chi connectivity index (χ3n) is 9.27. The Morgan fingerprint density at radius 2 is 1.12 bits per heavy atom. The average Bonchev–Trinajstić information content (AvgIpc) is 3.00. The molecular weight excluding hydrogens is 520 g/mol. The Labute approximate surface area is 270 Å². The lowest BCUT2D eigenvalue weighted by Crippen LogP contribution is -2.35. The molecule has 0 radical (unpaired) electrons. The normalized spacial score (nSPS) is 17.0. The van der Waals surface area contributed by atoms with Gasteiger partial charge in [-0.15, -0.1) is 5.73 Å². The van der Waals surface area contributed by atoms with E-state index in [0.717, 1.165) is 6.42 Å². The van der Waals surface area contributed by atoms with Crippen LogP contribution in [0.15, 0.2) is 54.3 Å². The molecule has 0 aromatic carbocycles. The van der Waals surface area contributed by atoms with Gasteiger partial charge in [-0.3, -0.25) is 0 Å². The monoisotopic (exact) mass is 595 g/mol. The first-order valence-corrected chi connectivity index (χ1v) is 19.2. The van der Waals surface area contributed by atoms with Crippen LogP contribution in [0.2, 0.25) is 0 Å². The van der Waals surface area contributed by atoms with Crippen LogP contribution in [-0.4, -0.2) is 11.7 Å². The van der Waals surface area contributed by atoms with E-state index in [1.54, 1.807) is 0 Å². The van der Waals surface area contributed by atoms with E-state index >= 15 is 0 Å². The zero-order valence-corrected chi connectivity index (χ0v) is 29.5. The Bertz CT molecular complexity index is 751. The molecule has 0 aliphatic heterocycles. The highest BCUT2D eigenvalue weighted by Gasteiger charge is 2.30. The second-order valence-electron chi connectivity index (χ2n) is 13.7. The Hall–Kier alpha value is -1.30. The molecule has 248 valence electrons. The van der Waals surface area contributed by atoms with Gasteiger partial charge in [0.2, 0.25) is 0 Å². The van der Waals surface area contributed by atoms with Gasteiger partial charge in [0, 0.05) is 0 Å². The first kappa shape index (κ1) is 39.7. The largest absolute Gasteiger partial charge is 0.368 e. The molecule has 1 rings (SSSR count). The molecule has 1 aliphatic rings. The van der Waals surface area contributed by atoms with Gasteiger partial charge in [-0.05, 0) is 108 Å². The Balaban J connectivity index is 2.21. The second kappa shape index (κ2) is 29.4. The summed E-state index contributed by atoms with van der Waals surface area (Å²) in [5.74, 6) is 0. The minimum absolute atomic E-state index is 0.0219. The molecule has 1 saturated carbocycles. The van der Waals surface area contributed by atoms with Crippen LogP contribution >= 0.6 is 0 Å². The number of hydrogen-bond acceptors (Lipinski definition) is 1. The predicted molar refractivity (Wildman–Crippen MR) is 194 cm³/mol. The van der Waals surface area contributed by atoms with Gasteiger partial charge < -0.3 is 4.74 Å². The van der Waals surface area contributed by atoms with Gasteiger partial charge in [0.05, 0.1) is 11.7 Å². The number of hydrogen-bond donors (Lipinski definition) is 0. The molecule has 0 amide bonds. The highest BCUT2D eigenvalue weighted by atomic mass is 16.5. The number of rotatable bonds is 29. The smallest absolute Gasteiger partial charge is 0.0789 e. The summed E-state index contributed by atoms with van der Waals surface area (Å²) in [6.07, 6.45) is 50.3. The van der Waals surface area contributed by atoms with Gasteiger partial charge in [0.15, 0.2) is 0 Å². The summed E-state index contributed by atoms with van der Waals surface area (Å²) >= 11 is 0. The van der Waals surface area contributed by atoms with Crippen LogP contribution in [0, 0.1) is 0 Å². The molecule has 0 N–H and O–H groups in total. The molecule has 1 aliphatic carbocycles. The second-order valence-corrected chi connectivity index (χ2v) is 13.7. The van der Waals surface area contributed by atoms with Crippen molar-refractivity contribution in [3.05, 3.63) is 54.3 Å². The molecule has 0 saturated heterocycles. The van der Waals surface area contributed by atoms with Crippen LogP contribution < -0.4 is 0 Å². The standard InChI is InChI=1S/C42H74O/c1-5-7-9-11-13-15-17-19-21-23-25-27-29-31-35-39-42(4,43-41-37-33-32-36-40(41)3)38-34-30-28-26-24-22-20-18-16-14-12-10-8-6-2/h13-15,17-19,41H,3,5-12,20-39H2,1-2,4H3/b15-13+,19-17-. The Morgan fingerprint density at radius 3 is 1.65 bits per heavy atom. The maximum atomic E-state index is 6.90. The van der Waals surface area contributed by atoms with E-state index in [-0.39, 0.29) is 5.60 Å². The first-order valence-electron chi connectivity index (χ1n) is 19.2. The molecule has 2 atom stereocenters. The molecule has 0 heterocycles. The van der Waals surface area contributed by atoms with E-state index < -0.39 is 0 Å². The Kier molecular flexibility index (Phi) is 27.2. The fraction of sp³-hybridized carbons (Fsp3) is 0.786. The zero-order valence-electron chi connectivity index (χ0n) is 29.5. The van der Waals surface area contributed by atoms with E-state index in [1.165, 1.54) is 179 Å². The minimum Gasteiger partial charge on any atom is -0.368 e. The first-order chi connectivity index (χ1) is 21.1. The summed E-state index contributed by atoms with van der Waals surface area (Å²) in [4.78, 5) is 0. The van der Waals surface area contributed by atoms with Crippen LogP contribution in [0.4, 0.5) is 0 Å². The van der Waals surface area contributed by atoms with Crippen molar-refractivity contribution in [3.8, 4) is 0 Å². The molecule has 1 nitrogen and oxygen atoms in total. The van der Waals surface area contributed by atoms with Crippen LogP contribution in [0.5, 0.6) is 0 Å². The van der Waals surface area contributed by atoms with Crippen molar-refractivity contribution in [2.24, 2.45) is 0 Å². The van der Waals surface area contributed by atoms with Gasteiger partial charge in [-0.2, -0.15) is 0 Å². The minimum atomic E-state index is 0.0219. The third kappa shape index (κ3) is 24.7. The quantitative estimate of drug-likeness (QED) is 0.0362. The topological polar surface area (TPSA) is 9.23 Å². The highest BCUT2D eigenvalue weighted by molar-refractivity contribution is 5.06. The lowest BCUT2D eigenvalue weighted by Gasteiger charge is -2.37. The maximum Gasteiger partial charge on any atom is 0.0789 e. The summed E-state index contributed by atoms with van der Waals surface area (Å²) in [7, 11) is 0. The Morgan fingerprint density at radius 1 is 0.651 bits per heavy atom. The van der Waals surface area contributed by atoms with Crippen LogP contribution in [0.25, 0.3) is 0 Å². The maximum absolute atomic E-state index is 6.90. The van der Waals surface area contributed by atoms with Gasteiger partial charge in [0.1, 0.15) is 0 Å². The van der Waals surface area contributed by atoms with Crippen LogP contribution in [-0.2, 0) is 4.74 Å². The lowest BCUT2D eigenvalue weighted by atomic mass is 9.88. The molecule has 0 bridgehead atoms. The molecular formula is C42H74O. The summed E-state index contributed by atoms with van der Waals surface area (Å²) < 4.78 is 6.90. The van der Waals surface area contributed by atoms with Crippen molar-refractivity contribution in [3.63, 3.8) is 0 Å². The van der Waals surface area contributed by atoms with E-state index in [0.29, 0.717) is 6.10 Å². The SMILES string of the molecule is C=C1CCCCC1OC(C)(CCCCCCCCC=C=CCCCCC)CCCCCCCC/C=C\C=C\CCCCC. The lowest BCUT2D eigenvalue weighted by molar-refractivity contribution is -0.0875. The van der Waals surface area contributed by atoms with Crippen molar-refractivity contribution in [1.82, 2.24) is 0 Å². The summed E-state index contributed by atoms with van der Waals surface area (Å²) in [5.41, 5.74) is 4.75. The highest BCUT2D eigenvalue weighted by Crippen LogP contribution is 2.34. The summed E-state index contributed by atoms with van der Waals surface area (Å²) in [5, 5.41) is 0. The zero-order chi connectivity index (χ0) is 31.1. The molecule has 0 aromatic heterocycles. The van der Waals surface area contributed by atoms with Crippen molar-refractivity contribution < 1.29 is 4.74 Å².